The number of halogens is 2. The first kappa shape index (κ1) is 22.1. The summed E-state index contributed by atoms with van der Waals surface area (Å²) in [6.45, 7) is 5.64. The first-order chi connectivity index (χ1) is 14.1. The molecule has 158 valence electrons. The summed E-state index contributed by atoms with van der Waals surface area (Å²) in [5, 5.41) is 5.26. The average Bonchev–Trinajstić information content (AvgIpc) is 3.05. The second kappa shape index (κ2) is 9.06. The number of pyridine rings is 1. The molecule has 0 bridgehead atoms. The van der Waals surface area contributed by atoms with Crippen LogP contribution in [0, 0.1) is 5.82 Å². The van der Waals surface area contributed by atoms with Crippen LogP contribution >= 0.6 is 23.4 Å². The minimum Gasteiger partial charge on any atom is -0.444 e. The third-order valence-corrected chi connectivity index (χ3v) is 5.20. The Hall–Kier alpha value is -2.58. The van der Waals surface area contributed by atoms with E-state index in [1.807, 2.05) is 39.0 Å². The van der Waals surface area contributed by atoms with E-state index in [0.29, 0.717) is 16.4 Å². The highest BCUT2D eigenvalue weighted by Crippen LogP contribution is 2.33. The minimum atomic E-state index is -0.596. The monoisotopic (exact) mass is 448 g/mol. The van der Waals surface area contributed by atoms with E-state index in [2.05, 4.69) is 10.1 Å². The molecule has 1 aromatic carbocycles. The molecule has 0 saturated carbocycles. The number of benzene rings is 1. The van der Waals surface area contributed by atoms with Crippen LogP contribution in [0.15, 0.2) is 58.7 Å². The molecule has 0 N–H and O–H groups in total. The summed E-state index contributed by atoms with van der Waals surface area (Å²) in [7, 11) is 1.64. The molecule has 0 aliphatic carbocycles. The van der Waals surface area contributed by atoms with E-state index in [1.165, 1.54) is 22.7 Å². The number of hydrogen-bond donors (Lipinski definition) is 0. The van der Waals surface area contributed by atoms with Crippen molar-refractivity contribution in [2.75, 3.05) is 7.05 Å². The van der Waals surface area contributed by atoms with E-state index in [4.69, 9.17) is 16.3 Å². The van der Waals surface area contributed by atoms with Gasteiger partial charge in [0.1, 0.15) is 21.5 Å². The van der Waals surface area contributed by atoms with E-state index < -0.39 is 17.5 Å². The Balaban J connectivity index is 1.94. The van der Waals surface area contributed by atoms with Crippen LogP contribution in [0.4, 0.5) is 9.18 Å². The summed E-state index contributed by atoms with van der Waals surface area (Å²) in [6, 6.07) is 10.1. The number of carbonyl (C=O) groups is 1. The molecule has 2 heterocycles. The molecule has 0 radical (unpaired) electrons. The van der Waals surface area contributed by atoms with Gasteiger partial charge in [-0.15, -0.1) is 0 Å². The van der Waals surface area contributed by atoms with E-state index in [9.17, 15) is 9.18 Å². The van der Waals surface area contributed by atoms with Crippen molar-refractivity contribution in [3.8, 4) is 5.69 Å². The van der Waals surface area contributed by atoms with E-state index in [0.717, 1.165) is 4.90 Å². The van der Waals surface area contributed by atoms with Crippen LogP contribution in [0.3, 0.4) is 0 Å². The quantitative estimate of drug-likeness (QED) is 0.510. The molecule has 0 spiro atoms. The topological polar surface area (TPSA) is 60.2 Å². The number of nitrogens with zero attached hydrogens (tertiary/aromatic N) is 4. The van der Waals surface area contributed by atoms with Gasteiger partial charge >= 0.3 is 6.09 Å². The first-order valence-electron chi connectivity index (χ1n) is 9.19. The van der Waals surface area contributed by atoms with Crippen LogP contribution in [-0.2, 0) is 11.3 Å². The zero-order chi connectivity index (χ0) is 21.9. The lowest BCUT2D eigenvalue weighted by molar-refractivity contribution is 0.0283. The molecule has 1 amide bonds. The SMILES string of the molecule is CN(Cc1cc(Sc2cccnc2)n(-c2cccc(F)c2Cl)n1)C(=O)OC(C)(C)C. The molecule has 3 aromatic rings. The van der Waals surface area contributed by atoms with Crippen molar-refractivity contribution in [2.45, 2.75) is 42.8 Å². The normalized spacial score (nSPS) is 11.4. The zero-order valence-corrected chi connectivity index (χ0v) is 18.7. The summed E-state index contributed by atoms with van der Waals surface area (Å²) >= 11 is 7.61. The largest absolute Gasteiger partial charge is 0.444 e. The van der Waals surface area contributed by atoms with E-state index >= 15 is 0 Å². The van der Waals surface area contributed by atoms with Crippen molar-refractivity contribution in [2.24, 2.45) is 0 Å². The van der Waals surface area contributed by atoms with Crippen molar-refractivity contribution in [1.29, 1.82) is 0 Å². The summed E-state index contributed by atoms with van der Waals surface area (Å²) < 4.78 is 21.0. The minimum absolute atomic E-state index is 0.0271. The second-order valence-electron chi connectivity index (χ2n) is 7.59. The lowest BCUT2D eigenvalue weighted by atomic mass is 10.2. The Morgan fingerprint density at radius 3 is 2.73 bits per heavy atom. The van der Waals surface area contributed by atoms with E-state index in [-0.39, 0.29) is 11.6 Å². The van der Waals surface area contributed by atoms with Crippen molar-refractivity contribution < 1.29 is 13.9 Å². The lowest BCUT2D eigenvalue weighted by Gasteiger charge is -2.24. The van der Waals surface area contributed by atoms with Crippen LogP contribution in [0.5, 0.6) is 0 Å². The fourth-order valence-electron chi connectivity index (χ4n) is 2.56. The Bertz CT molecular complexity index is 1040. The molecular weight excluding hydrogens is 427 g/mol. The maximum absolute atomic E-state index is 14.0. The predicted octanol–water partition coefficient (Wildman–Crippen LogP) is 5.58. The molecule has 0 fully saturated rings. The molecule has 0 aliphatic rings. The van der Waals surface area contributed by atoms with Gasteiger partial charge in [-0.05, 0) is 51.1 Å². The van der Waals surface area contributed by atoms with E-state index in [1.54, 1.807) is 36.3 Å². The molecule has 0 unspecified atom stereocenters. The standard InChI is InChI=1S/C21H22ClFN4O2S/c1-21(2,3)29-20(28)26(4)13-14-11-18(30-15-7-6-10-24-12-15)27(25-14)17-9-5-8-16(23)19(17)22/h5-12H,13H2,1-4H3. The average molecular weight is 449 g/mol. The second-order valence-corrected chi connectivity index (χ2v) is 9.06. The van der Waals surface area contributed by atoms with Crippen molar-refractivity contribution in [1.82, 2.24) is 19.7 Å². The van der Waals surface area contributed by atoms with Gasteiger partial charge in [-0.1, -0.05) is 29.4 Å². The van der Waals surface area contributed by atoms with Crippen molar-refractivity contribution in [3.05, 3.63) is 65.3 Å². The first-order valence-corrected chi connectivity index (χ1v) is 10.4. The highest BCUT2D eigenvalue weighted by molar-refractivity contribution is 7.99. The molecule has 9 heteroatoms. The molecule has 30 heavy (non-hydrogen) atoms. The van der Waals surface area contributed by atoms with Crippen LogP contribution in [0.25, 0.3) is 5.69 Å². The van der Waals surface area contributed by atoms with Crippen molar-refractivity contribution in [3.63, 3.8) is 0 Å². The Labute approximate surface area is 184 Å². The summed E-state index contributed by atoms with van der Waals surface area (Å²) in [5.74, 6) is -0.533. The zero-order valence-electron chi connectivity index (χ0n) is 17.1. The highest BCUT2D eigenvalue weighted by atomic mass is 35.5. The van der Waals surface area contributed by atoms with Crippen LogP contribution < -0.4 is 0 Å². The number of rotatable bonds is 5. The van der Waals surface area contributed by atoms with Gasteiger partial charge in [-0.3, -0.25) is 4.98 Å². The van der Waals surface area contributed by atoms with Gasteiger partial charge in [-0.2, -0.15) is 5.10 Å². The Morgan fingerprint density at radius 2 is 2.07 bits per heavy atom. The number of aromatic nitrogens is 3. The third-order valence-electron chi connectivity index (χ3n) is 3.85. The smallest absolute Gasteiger partial charge is 0.410 e. The summed E-state index contributed by atoms with van der Waals surface area (Å²) in [5.41, 5.74) is 0.422. The summed E-state index contributed by atoms with van der Waals surface area (Å²) in [4.78, 5) is 18.7. The maximum Gasteiger partial charge on any atom is 0.410 e. The lowest BCUT2D eigenvalue weighted by Crippen LogP contribution is -2.33. The van der Waals surface area contributed by atoms with Crippen molar-refractivity contribution >= 4 is 29.5 Å². The number of hydrogen-bond acceptors (Lipinski definition) is 5. The molecule has 0 aliphatic heterocycles. The third kappa shape index (κ3) is 5.52. The van der Waals surface area contributed by atoms with Gasteiger partial charge in [0.05, 0.1) is 17.9 Å². The fraction of sp³-hybridized carbons (Fsp3) is 0.286. The molecule has 0 atom stereocenters. The highest BCUT2D eigenvalue weighted by Gasteiger charge is 2.22. The Morgan fingerprint density at radius 1 is 1.30 bits per heavy atom. The predicted molar refractivity (Wildman–Crippen MR) is 115 cm³/mol. The number of carbonyl (C=O) groups excluding carboxylic acids is 1. The van der Waals surface area contributed by atoms with Crippen LogP contribution in [-0.4, -0.2) is 38.4 Å². The van der Waals surface area contributed by atoms with Gasteiger partial charge < -0.3 is 9.64 Å². The van der Waals surface area contributed by atoms with Gasteiger partial charge in [0.25, 0.3) is 0 Å². The molecule has 0 saturated heterocycles. The molecular formula is C21H22ClFN4O2S. The van der Waals surface area contributed by atoms with Gasteiger partial charge in [-0.25, -0.2) is 13.9 Å². The van der Waals surface area contributed by atoms with Gasteiger partial charge in [0.2, 0.25) is 0 Å². The Kier molecular flexibility index (Phi) is 6.67. The number of ether oxygens (including phenoxy) is 1. The van der Waals surface area contributed by atoms with Crippen LogP contribution in [0.2, 0.25) is 5.02 Å². The van der Waals surface area contributed by atoms with Crippen LogP contribution in [0.1, 0.15) is 26.5 Å². The molecule has 3 rings (SSSR count). The molecule has 2 aromatic heterocycles. The van der Waals surface area contributed by atoms with Gasteiger partial charge in [0.15, 0.2) is 0 Å². The summed E-state index contributed by atoms with van der Waals surface area (Å²) in [6.07, 6.45) is 2.95. The fourth-order valence-corrected chi connectivity index (χ4v) is 3.69. The molecule has 6 nitrogen and oxygen atoms in total. The van der Waals surface area contributed by atoms with Gasteiger partial charge in [0, 0.05) is 24.3 Å². The maximum atomic E-state index is 14.0. The number of amides is 1.